The molecule has 1 saturated heterocycles. The molecular formula is C28H32N4O3S. The number of aromatic nitrogens is 2. The van der Waals surface area contributed by atoms with Crippen LogP contribution in [0.2, 0.25) is 0 Å². The van der Waals surface area contributed by atoms with E-state index in [0.29, 0.717) is 18.3 Å². The van der Waals surface area contributed by atoms with Crippen molar-refractivity contribution in [2.75, 3.05) is 31.1 Å². The van der Waals surface area contributed by atoms with Crippen LogP contribution in [0.1, 0.15) is 24.0 Å². The van der Waals surface area contributed by atoms with E-state index < -0.39 is 6.10 Å². The van der Waals surface area contributed by atoms with E-state index in [0.717, 1.165) is 47.5 Å². The Kier molecular flexibility index (Phi) is 7.77. The van der Waals surface area contributed by atoms with Gasteiger partial charge in [-0.25, -0.2) is 9.97 Å². The first-order valence-electron chi connectivity index (χ1n) is 12.4. The Morgan fingerprint density at radius 3 is 2.69 bits per heavy atom. The van der Waals surface area contributed by atoms with E-state index in [9.17, 15) is 10.2 Å². The van der Waals surface area contributed by atoms with Crippen molar-refractivity contribution >= 4 is 27.4 Å². The normalized spacial score (nSPS) is 15.4. The average Bonchev–Trinajstić information content (AvgIpc) is 3.28. The van der Waals surface area contributed by atoms with Crippen LogP contribution in [0.15, 0.2) is 60.9 Å². The van der Waals surface area contributed by atoms with Crippen LogP contribution in [-0.4, -0.2) is 58.6 Å². The van der Waals surface area contributed by atoms with Gasteiger partial charge in [0.05, 0.1) is 12.0 Å². The van der Waals surface area contributed by atoms with E-state index in [1.807, 2.05) is 24.3 Å². The SMILES string of the molecule is Cc1c(-c2ccccc2)sc2ncnc(N3CCC(NCC(O)COc4cccc(CO)c4)CC3)c12. The van der Waals surface area contributed by atoms with Crippen molar-refractivity contribution in [3.05, 3.63) is 72.1 Å². The van der Waals surface area contributed by atoms with Crippen molar-refractivity contribution < 1.29 is 14.9 Å². The molecule has 4 aromatic rings. The number of aliphatic hydroxyl groups is 2. The van der Waals surface area contributed by atoms with Gasteiger partial charge in [-0.3, -0.25) is 0 Å². The molecule has 0 amide bonds. The lowest BCUT2D eigenvalue weighted by molar-refractivity contribution is 0.102. The molecule has 0 spiro atoms. The number of hydrogen-bond donors (Lipinski definition) is 3. The second-order valence-electron chi connectivity index (χ2n) is 9.24. The first-order valence-corrected chi connectivity index (χ1v) is 13.2. The van der Waals surface area contributed by atoms with E-state index in [1.54, 1.807) is 23.7 Å². The zero-order valence-electron chi connectivity index (χ0n) is 20.4. The maximum atomic E-state index is 10.4. The van der Waals surface area contributed by atoms with Crippen LogP contribution in [0.3, 0.4) is 0 Å². The number of benzene rings is 2. The van der Waals surface area contributed by atoms with Crippen LogP contribution in [-0.2, 0) is 6.61 Å². The van der Waals surface area contributed by atoms with Gasteiger partial charge < -0.3 is 25.2 Å². The molecule has 188 valence electrons. The van der Waals surface area contributed by atoms with Gasteiger partial charge in [-0.05, 0) is 48.6 Å². The van der Waals surface area contributed by atoms with Crippen molar-refractivity contribution in [3.8, 4) is 16.2 Å². The number of piperidine rings is 1. The highest BCUT2D eigenvalue weighted by molar-refractivity contribution is 7.22. The summed E-state index contributed by atoms with van der Waals surface area (Å²) in [7, 11) is 0. The van der Waals surface area contributed by atoms with Crippen LogP contribution in [0.4, 0.5) is 5.82 Å². The fourth-order valence-electron chi connectivity index (χ4n) is 4.74. The van der Waals surface area contributed by atoms with Crippen LogP contribution in [0, 0.1) is 6.92 Å². The van der Waals surface area contributed by atoms with Crippen LogP contribution in [0.5, 0.6) is 5.75 Å². The molecule has 36 heavy (non-hydrogen) atoms. The summed E-state index contributed by atoms with van der Waals surface area (Å²) in [6, 6.07) is 18.1. The molecule has 0 aliphatic carbocycles. The number of ether oxygens (including phenoxy) is 1. The molecule has 0 saturated carbocycles. The van der Waals surface area contributed by atoms with Gasteiger partial charge in [0.2, 0.25) is 0 Å². The Balaban J connectivity index is 1.16. The highest BCUT2D eigenvalue weighted by Crippen LogP contribution is 2.40. The number of aryl methyl sites for hydroxylation is 1. The number of aliphatic hydroxyl groups excluding tert-OH is 2. The van der Waals surface area contributed by atoms with E-state index in [-0.39, 0.29) is 13.2 Å². The average molecular weight is 505 g/mol. The number of nitrogens with zero attached hydrogens (tertiary/aromatic N) is 3. The molecule has 0 bridgehead atoms. The van der Waals surface area contributed by atoms with Gasteiger partial charge in [0.1, 0.15) is 35.4 Å². The molecule has 8 heteroatoms. The largest absolute Gasteiger partial charge is 0.491 e. The second-order valence-corrected chi connectivity index (χ2v) is 10.2. The van der Waals surface area contributed by atoms with Crippen molar-refractivity contribution in [1.29, 1.82) is 0 Å². The first-order chi connectivity index (χ1) is 17.6. The minimum Gasteiger partial charge on any atom is -0.491 e. The summed E-state index contributed by atoms with van der Waals surface area (Å²) >= 11 is 1.73. The van der Waals surface area contributed by atoms with Gasteiger partial charge in [0.25, 0.3) is 0 Å². The topological polar surface area (TPSA) is 90.7 Å². The molecule has 3 N–H and O–H groups in total. The third-order valence-electron chi connectivity index (χ3n) is 6.70. The minimum atomic E-state index is -0.604. The molecule has 1 atom stereocenters. The maximum Gasteiger partial charge on any atom is 0.141 e. The molecule has 1 aliphatic heterocycles. The number of anilines is 1. The van der Waals surface area contributed by atoms with Crippen molar-refractivity contribution in [2.45, 2.75) is 38.5 Å². The lowest BCUT2D eigenvalue weighted by atomic mass is 10.0. The Labute approximate surface area is 215 Å². The molecule has 1 aliphatic rings. The van der Waals surface area contributed by atoms with E-state index in [1.165, 1.54) is 16.0 Å². The van der Waals surface area contributed by atoms with Crippen molar-refractivity contribution in [2.24, 2.45) is 0 Å². The Hall–Kier alpha value is -3.04. The third kappa shape index (κ3) is 5.52. The van der Waals surface area contributed by atoms with Gasteiger partial charge in [-0.15, -0.1) is 11.3 Å². The number of hydrogen-bond acceptors (Lipinski definition) is 8. The Morgan fingerprint density at radius 1 is 1.11 bits per heavy atom. The molecule has 2 aromatic heterocycles. The number of rotatable bonds is 9. The predicted octanol–water partition coefficient (Wildman–Crippen LogP) is 4.16. The summed E-state index contributed by atoms with van der Waals surface area (Å²) in [5.41, 5.74) is 3.25. The smallest absolute Gasteiger partial charge is 0.141 e. The highest BCUT2D eigenvalue weighted by atomic mass is 32.1. The molecule has 0 radical (unpaired) electrons. The maximum absolute atomic E-state index is 10.4. The molecule has 1 fully saturated rings. The van der Waals surface area contributed by atoms with Gasteiger partial charge >= 0.3 is 0 Å². The Morgan fingerprint density at radius 2 is 1.92 bits per heavy atom. The Bertz CT molecular complexity index is 1290. The summed E-state index contributed by atoms with van der Waals surface area (Å²) in [4.78, 5) is 13.9. The molecular weight excluding hydrogens is 472 g/mol. The van der Waals surface area contributed by atoms with Crippen LogP contribution >= 0.6 is 11.3 Å². The minimum absolute atomic E-state index is 0.0271. The lowest BCUT2D eigenvalue weighted by Crippen LogP contribution is -2.45. The monoisotopic (exact) mass is 504 g/mol. The number of fused-ring (bicyclic) bond motifs is 1. The van der Waals surface area contributed by atoms with Gasteiger partial charge in [0.15, 0.2) is 0 Å². The fraction of sp³-hybridized carbons (Fsp3) is 0.357. The third-order valence-corrected chi connectivity index (χ3v) is 7.95. The predicted molar refractivity (Wildman–Crippen MR) is 145 cm³/mol. The van der Waals surface area contributed by atoms with E-state index >= 15 is 0 Å². The van der Waals surface area contributed by atoms with E-state index in [4.69, 9.17) is 9.72 Å². The van der Waals surface area contributed by atoms with Gasteiger partial charge in [-0.2, -0.15) is 0 Å². The zero-order valence-corrected chi connectivity index (χ0v) is 21.2. The van der Waals surface area contributed by atoms with E-state index in [2.05, 4.69) is 46.4 Å². The number of thiophene rings is 1. The first kappa shape index (κ1) is 24.6. The summed E-state index contributed by atoms with van der Waals surface area (Å²) in [5.74, 6) is 1.68. The van der Waals surface area contributed by atoms with Crippen molar-refractivity contribution in [3.63, 3.8) is 0 Å². The van der Waals surface area contributed by atoms with Crippen LogP contribution < -0.4 is 15.0 Å². The van der Waals surface area contributed by atoms with Crippen molar-refractivity contribution in [1.82, 2.24) is 15.3 Å². The molecule has 2 aromatic carbocycles. The standard InChI is InChI=1S/C28H32N4O3S/c1-19-25-27(30-18-31-28(25)36-26(19)21-7-3-2-4-8-21)32-12-10-22(11-13-32)29-15-23(34)17-35-24-9-5-6-20(14-24)16-33/h2-9,14,18,22-23,29,33-34H,10-13,15-17H2,1H3. The van der Waals surface area contributed by atoms with Crippen LogP contribution in [0.25, 0.3) is 20.7 Å². The summed E-state index contributed by atoms with van der Waals surface area (Å²) < 4.78 is 5.69. The summed E-state index contributed by atoms with van der Waals surface area (Å²) in [6.45, 7) is 4.64. The summed E-state index contributed by atoms with van der Waals surface area (Å²) in [5, 5.41) is 24.3. The fourth-order valence-corrected chi connectivity index (χ4v) is 5.89. The second kappa shape index (κ2) is 11.3. The molecule has 5 rings (SSSR count). The number of nitrogens with one attached hydrogen (secondary N) is 1. The molecule has 1 unspecified atom stereocenters. The lowest BCUT2D eigenvalue weighted by Gasteiger charge is -2.34. The van der Waals surface area contributed by atoms with Gasteiger partial charge in [0, 0.05) is 30.6 Å². The quantitative estimate of drug-likeness (QED) is 0.315. The summed E-state index contributed by atoms with van der Waals surface area (Å²) in [6.07, 6.45) is 3.03. The van der Waals surface area contributed by atoms with Gasteiger partial charge in [-0.1, -0.05) is 42.5 Å². The molecule has 3 heterocycles. The molecule has 7 nitrogen and oxygen atoms in total. The zero-order chi connectivity index (χ0) is 24.9. The highest BCUT2D eigenvalue weighted by Gasteiger charge is 2.24.